The average Bonchev–Trinajstić information content (AvgIpc) is 3.28. The van der Waals surface area contributed by atoms with Gasteiger partial charge in [-0.2, -0.15) is 0 Å². The fourth-order valence-electron chi connectivity index (χ4n) is 4.82. The van der Waals surface area contributed by atoms with E-state index in [1.54, 1.807) is 7.11 Å². The van der Waals surface area contributed by atoms with Crippen molar-refractivity contribution in [1.82, 2.24) is 4.90 Å². The van der Waals surface area contributed by atoms with Crippen LogP contribution in [0.15, 0.2) is 36.4 Å². The van der Waals surface area contributed by atoms with E-state index in [4.69, 9.17) is 18.9 Å². The standard InChI is InChI=1S/C24H30N2O4/c1-25(15-19-16-29-22-8-4-7-21(27-2)24(22)30-19)18-9-12-26(13-10-18)20-6-3-5-17-11-14-28-23(17)20/h3-8,18-19H,9-16H2,1-2H3. The minimum Gasteiger partial charge on any atom is -0.493 e. The Kier molecular flexibility index (Phi) is 5.34. The van der Waals surface area contributed by atoms with E-state index < -0.39 is 0 Å². The van der Waals surface area contributed by atoms with Crippen LogP contribution < -0.4 is 23.8 Å². The van der Waals surface area contributed by atoms with Crippen LogP contribution in [0.3, 0.4) is 0 Å². The zero-order chi connectivity index (χ0) is 20.5. The van der Waals surface area contributed by atoms with Crippen molar-refractivity contribution in [3.05, 3.63) is 42.0 Å². The minimum atomic E-state index is 0.00243. The fourth-order valence-corrected chi connectivity index (χ4v) is 4.82. The van der Waals surface area contributed by atoms with Gasteiger partial charge in [-0.3, -0.25) is 4.90 Å². The highest BCUT2D eigenvalue weighted by molar-refractivity contribution is 5.63. The molecular formula is C24H30N2O4. The molecule has 0 saturated carbocycles. The first-order chi connectivity index (χ1) is 14.7. The Morgan fingerprint density at radius 2 is 1.90 bits per heavy atom. The molecule has 6 nitrogen and oxygen atoms in total. The lowest BCUT2D eigenvalue weighted by Gasteiger charge is -2.39. The summed E-state index contributed by atoms with van der Waals surface area (Å²) in [6.07, 6.45) is 3.30. The lowest BCUT2D eigenvalue weighted by Crippen LogP contribution is -2.48. The van der Waals surface area contributed by atoms with E-state index in [-0.39, 0.29) is 6.10 Å². The number of methoxy groups -OCH3 is 1. The Bertz CT molecular complexity index is 881. The number of hydrogen-bond donors (Lipinski definition) is 0. The van der Waals surface area contributed by atoms with Crippen LogP contribution in [0.1, 0.15) is 18.4 Å². The SMILES string of the molecule is COc1cccc2c1OC(CN(C)C1CCN(c3cccc4c3OCC4)CC1)CO2. The van der Waals surface area contributed by atoms with Crippen LogP contribution in [0.25, 0.3) is 0 Å². The molecule has 0 radical (unpaired) electrons. The maximum Gasteiger partial charge on any atom is 0.204 e. The molecule has 1 fully saturated rings. The van der Waals surface area contributed by atoms with Crippen molar-refractivity contribution < 1.29 is 18.9 Å². The number of ether oxygens (including phenoxy) is 4. The van der Waals surface area contributed by atoms with Gasteiger partial charge < -0.3 is 23.8 Å². The molecule has 3 aliphatic heterocycles. The molecular weight excluding hydrogens is 380 g/mol. The minimum absolute atomic E-state index is 0.00243. The summed E-state index contributed by atoms with van der Waals surface area (Å²) in [5.74, 6) is 3.31. The van der Waals surface area contributed by atoms with E-state index in [2.05, 4.69) is 35.0 Å². The maximum atomic E-state index is 6.24. The molecule has 1 saturated heterocycles. The van der Waals surface area contributed by atoms with Gasteiger partial charge in [0, 0.05) is 32.1 Å². The number of rotatable bonds is 5. The second-order valence-corrected chi connectivity index (χ2v) is 8.36. The third-order valence-corrected chi connectivity index (χ3v) is 6.49. The number of anilines is 1. The lowest BCUT2D eigenvalue weighted by molar-refractivity contribution is 0.0482. The Hall–Kier alpha value is -2.60. The van der Waals surface area contributed by atoms with Gasteiger partial charge in [-0.25, -0.2) is 0 Å². The van der Waals surface area contributed by atoms with Gasteiger partial charge in [0.2, 0.25) is 5.75 Å². The molecule has 1 atom stereocenters. The molecule has 3 heterocycles. The first-order valence-corrected chi connectivity index (χ1v) is 10.9. The smallest absolute Gasteiger partial charge is 0.204 e. The van der Waals surface area contributed by atoms with Gasteiger partial charge >= 0.3 is 0 Å². The zero-order valence-corrected chi connectivity index (χ0v) is 17.8. The monoisotopic (exact) mass is 410 g/mol. The summed E-state index contributed by atoms with van der Waals surface area (Å²) in [5.41, 5.74) is 2.61. The van der Waals surface area contributed by atoms with Crippen molar-refractivity contribution >= 4 is 5.69 Å². The summed E-state index contributed by atoms with van der Waals surface area (Å²) < 4.78 is 23.5. The number of fused-ring (bicyclic) bond motifs is 2. The van der Waals surface area contributed by atoms with Crippen LogP contribution in [0.4, 0.5) is 5.69 Å². The number of para-hydroxylation sites is 2. The second kappa shape index (κ2) is 8.26. The highest BCUT2D eigenvalue weighted by Gasteiger charge is 2.30. The molecule has 5 rings (SSSR count). The molecule has 3 aliphatic rings. The van der Waals surface area contributed by atoms with Gasteiger partial charge in [0.15, 0.2) is 11.5 Å². The largest absolute Gasteiger partial charge is 0.493 e. The molecule has 0 amide bonds. The van der Waals surface area contributed by atoms with Crippen LogP contribution in [0.2, 0.25) is 0 Å². The average molecular weight is 411 g/mol. The Morgan fingerprint density at radius 1 is 1.07 bits per heavy atom. The molecule has 2 aromatic rings. The van der Waals surface area contributed by atoms with E-state index in [0.29, 0.717) is 12.6 Å². The van der Waals surface area contributed by atoms with Gasteiger partial charge in [-0.15, -0.1) is 0 Å². The van der Waals surface area contributed by atoms with E-state index in [1.807, 2.05) is 18.2 Å². The molecule has 0 bridgehead atoms. The molecule has 6 heteroatoms. The summed E-state index contributed by atoms with van der Waals surface area (Å²) in [5, 5.41) is 0. The second-order valence-electron chi connectivity index (χ2n) is 8.36. The van der Waals surface area contributed by atoms with Gasteiger partial charge in [-0.05, 0) is 43.7 Å². The van der Waals surface area contributed by atoms with Crippen molar-refractivity contribution in [2.24, 2.45) is 0 Å². The number of hydrogen-bond acceptors (Lipinski definition) is 6. The number of likely N-dealkylation sites (N-methyl/N-ethyl adjacent to an activating group) is 1. The first-order valence-electron chi connectivity index (χ1n) is 10.9. The first kappa shape index (κ1) is 19.4. The van der Waals surface area contributed by atoms with Crippen molar-refractivity contribution in [2.75, 3.05) is 51.9 Å². The quantitative estimate of drug-likeness (QED) is 0.753. The highest BCUT2D eigenvalue weighted by atomic mass is 16.6. The Balaban J connectivity index is 1.18. The summed E-state index contributed by atoms with van der Waals surface area (Å²) in [6.45, 7) is 4.31. The Labute approximate surface area is 178 Å². The zero-order valence-electron chi connectivity index (χ0n) is 17.8. The molecule has 1 unspecified atom stereocenters. The normalized spacial score (nSPS) is 20.8. The van der Waals surface area contributed by atoms with Crippen molar-refractivity contribution in [3.63, 3.8) is 0 Å². The van der Waals surface area contributed by atoms with Crippen molar-refractivity contribution in [2.45, 2.75) is 31.4 Å². The van der Waals surface area contributed by atoms with E-state index >= 15 is 0 Å². The van der Waals surface area contributed by atoms with E-state index in [0.717, 1.165) is 68.5 Å². The molecule has 0 N–H and O–H groups in total. The van der Waals surface area contributed by atoms with Crippen molar-refractivity contribution in [3.8, 4) is 23.0 Å². The predicted molar refractivity (Wildman–Crippen MR) is 116 cm³/mol. The van der Waals surface area contributed by atoms with Crippen molar-refractivity contribution in [1.29, 1.82) is 0 Å². The molecule has 0 spiro atoms. The van der Waals surface area contributed by atoms with E-state index in [9.17, 15) is 0 Å². The van der Waals surface area contributed by atoms with Gasteiger partial charge in [0.25, 0.3) is 0 Å². The van der Waals surface area contributed by atoms with Crippen LogP contribution >= 0.6 is 0 Å². The number of nitrogens with zero attached hydrogens (tertiary/aromatic N) is 2. The van der Waals surface area contributed by atoms with Crippen LogP contribution in [0, 0.1) is 0 Å². The van der Waals surface area contributed by atoms with Crippen LogP contribution in [-0.4, -0.2) is 64.1 Å². The molecule has 160 valence electrons. The maximum absolute atomic E-state index is 6.24. The number of piperidine rings is 1. The summed E-state index contributed by atoms with van der Waals surface area (Å²) in [7, 11) is 3.86. The highest BCUT2D eigenvalue weighted by Crippen LogP contribution is 2.40. The Morgan fingerprint density at radius 3 is 2.73 bits per heavy atom. The van der Waals surface area contributed by atoms with Gasteiger partial charge in [0.05, 0.1) is 19.4 Å². The molecule has 0 aliphatic carbocycles. The summed E-state index contributed by atoms with van der Waals surface area (Å²) >= 11 is 0. The fraction of sp³-hybridized carbons (Fsp3) is 0.500. The molecule has 0 aromatic heterocycles. The van der Waals surface area contributed by atoms with E-state index in [1.165, 1.54) is 11.3 Å². The lowest BCUT2D eigenvalue weighted by atomic mass is 10.0. The van der Waals surface area contributed by atoms with Gasteiger partial charge in [-0.1, -0.05) is 18.2 Å². The molecule has 30 heavy (non-hydrogen) atoms. The van der Waals surface area contributed by atoms with Crippen LogP contribution in [0.5, 0.6) is 23.0 Å². The topological polar surface area (TPSA) is 43.4 Å². The third kappa shape index (κ3) is 3.65. The summed E-state index contributed by atoms with van der Waals surface area (Å²) in [4.78, 5) is 4.91. The summed E-state index contributed by atoms with van der Waals surface area (Å²) in [6, 6.07) is 12.9. The van der Waals surface area contributed by atoms with Gasteiger partial charge in [0.1, 0.15) is 18.5 Å². The van der Waals surface area contributed by atoms with Crippen LogP contribution in [-0.2, 0) is 6.42 Å². The number of benzene rings is 2. The predicted octanol–water partition coefficient (Wildman–Crippen LogP) is 3.37. The third-order valence-electron chi connectivity index (χ3n) is 6.49. The molecule has 2 aromatic carbocycles.